The zero-order chi connectivity index (χ0) is 18.6. The van der Waals surface area contributed by atoms with Gasteiger partial charge in [0.25, 0.3) is 0 Å². The van der Waals surface area contributed by atoms with Gasteiger partial charge in [0.2, 0.25) is 15.9 Å². The quantitative estimate of drug-likeness (QED) is 0.784. The van der Waals surface area contributed by atoms with Crippen LogP contribution >= 0.6 is 23.2 Å². The summed E-state index contributed by atoms with van der Waals surface area (Å²) in [6, 6.07) is 4.51. The number of benzene rings is 1. The maximum atomic E-state index is 12.8. The van der Waals surface area contributed by atoms with E-state index in [0.29, 0.717) is 19.4 Å². The summed E-state index contributed by atoms with van der Waals surface area (Å²) in [4.78, 5) is 12.2. The third-order valence-corrected chi connectivity index (χ3v) is 7.00. The van der Waals surface area contributed by atoms with Gasteiger partial charge in [-0.1, -0.05) is 29.3 Å². The van der Waals surface area contributed by atoms with Crippen molar-refractivity contribution in [2.45, 2.75) is 30.7 Å². The molecular weight excluding hydrogens is 387 g/mol. The van der Waals surface area contributed by atoms with Crippen LogP contribution in [0.25, 0.3) is 0 Å². The topological polar surface area (TPSA) is 75.7 Å². The molecule has 6 nitrogen and oxygen atoms in total. The summed E-state index contributed by atoms with van der Waals surface area (Å²) in [6.07, 6.45) is 0.902. The van der Waals surface area contributed by atoms with Crippen molar-refractivity contribution in [1.82, 2.24) is 9.62 Å². The second-order valence-corrected chi connectivity index (χ2v) is 8.78. The summed E-state index contributed by atoms with van der Waals surface area (Å²) in [7, 11) is -2.21. The number of carbonyl (C=O) groups excluding carboxylic acids is 1. The Bertz CT molecular complexity index is 699. The van der Waals surface area contributed by atoms with Crippen LogP contribution in [0.2, 0.25) is 10.0 Å². The first-order valence-corrected chi connectivity index (χ1v) is 10.2. The number of hydrogen-bond donors (Lipinski definition) is 1. The number of hydrogen-bond acceptors (Lipinski definition) is 4. The molecular formula is C16H22Cl2N2O4S. The minimum absolute atomic E-state index is 0.0719. The molecule has 1 saturated heterocycles. The molecule has 140 valence electrons. The van der Waals surface area contributed by atoms with Crippen molar-refractivity contribution in [2.24, 2.45) is 5.92 Å². The predicted octanol–water partition coefficient (Wildman–Crippen LogP) is 2.55. The molecule has 1 aliphatic heterocycles. The van der Waals surface area contributed by atoms with E-state index in [1.807, 2.05) is 6.92 Å². The van der Waals surface area contributed by atoms with Crippen molar-refractivity contribution in [3.05, 3.63) is 28.2 Å². The third kappa shape index (κ3) is 4.86. The van der Waals surface area contributed by atoms with Crippen molar-refractivity contribution in [2.75, 3.05) is 26.8 Å². The molecule has 2 rings (SSSR count). The standard InChI is InChI=1S/C16H22Cl2N2O4S/c1-11(10-24-2)19-16(21)12-6-8-20(9-7-12)25(22,23)15-13(17)4-3-5-14(15)18/h3-5,11-12H,6-10H2,1-2H3,(H,19,21). The second kappa shape index (κ2) is 8.68. The van der Waals surface area contributed by atoms with Gasteiger partial charge in [-0.3, -0.25) is 4.79 Å². The molecule has 1 heterocycles. The SMILES string of the molecule is COCC(C)NC(=O)C1CCN(S(=O)(=O)c2c(Cl)cccc2Cl)CC1. The Balaban J connectivity index is 2.03. The Hall–Kier alpha value is -0.860. The van der Waals surface area contributed by atoms with Crippen LogP contribution in [0.1, 0.15) is 19.8 Å². The van der Waals surface area contributed by atoms with E-state index in [4.69, 9.17) is 27.9 Å². The smallest absolute Gasteiger partial charge is 0.246 e. The van der Waals surface area contributed by atoms with Crippen LogP contribution in [0, 0.1) is 5.92 Å². The van der Waals surface area contributed by atoms with Gasteiger partial charge >= 0.3 is 0 Å². The number of halogens is 2. The number of amides is 1. The van der Waals surface area contributed by atoms with Crippen LogP contribution in [0.4, 0.5) is 0 Å². The summed E-state index contributed by atoms with van der Waals surface area (Å²) in [5, 5.41) is 3.08. The van der Waals surface area contributed by atoms with Crippen LogP contribution < -0.4 is 5.32 Å². The number of carbonyl (C=O) groups is 1. The van der Waals surface area contributed by atoms with Gasteiger partial charge in [-0.2, -0.15) is 4.31 Å². The number of nitrogens with one attached hydrogen (secondary N) is 1. The highest BCUT2D eigenvalue weighted by molar-refractivity contribution is 7.89. The van der Waals surface area contributed by atoms with E-state index in [1.54, 1.807) is 13.2 Å². The van der Waals surface area contributed by atoms with Gasteiger partial charge in [0.05, 0.1) is 16.7 Å². The van der Waals surface area contributed by atoms with E-state index in [9.17, 15) is 13.2 Å². The molecule has 0 aliphatic carbocycles. The van der Waals surface area contributed by atoms with Crippen molar-refractivity contribution < 1.29 is 17.9 Å². The number of sulfonamides is 1. The lowest BCUT2D eigenvalue weighted by Gasteiger charge is -2.31. The van der Waals surface area contributed by atoms with E-state index >= 15 is 0 Å². The van der Waals surface area contributed by atoms with E-state index in [2.05, 4.69) is 5.32 Å². The fraction of sp³-hybridized carbons (Fsp3) is 0.562. The third-order valence-electron chi connectivity index (χ3n) is 4.15. The Morgan fingerprint density at radius 1 is 1.32 bits per heavy atom. The van der Waals surface area contributed by atoms with E-state index in [0.717, 1.165) is 0 Å². The highest BCUT2D eigenvalue weighted by atomic mass is 35.5. The number of rotatable bonds is 6. The second-order valence-electron chi connectivity index (χ2n) is 6.09. The highest BCUT2D eigenvalue weighted by Crippen LogP contribution is 2.33. The average Bonchev–Trinajstić information content (AvgIpc) is 2.54. The lowest BCUT2D eigenvalue weighted by Crippen LogP contribution is -2.45. The molecule has 1 atom stereocenters. The number of ether oxygens (including phenoxy) is 1. The van der Waals surface area contributed by atoms with E-state index < -0.39 is 10.0 Å². The Morgan fingerprint density at radius 3 is 2.40 bits per heavy atom. The fourth-order valence-corrected chi connectivity index (χ4v) is 5.43. The molecule has 0 spiro atoms. The van der Waals surface area contributed by atoms with Gasteiger partial charge in [0.1, 0.15) is 4.90 Å². The fourth-order valence-electron chi connectivity index (χ4n) is 2.87. The van der Waals surface area contributed by atoms with Crippen molar-refractivity contribution >= 4 is 39.1 Å². The molecule has 1 amide bonds. The molecule has 9 heteroatoms. The minimum atomic E-state index is -3.79. The molecule has 0 radical (unpaired) electrons. The zero-order valence-electron chi connectivity index (χ0n) is 14.2. The van der Waals surface area contributed by atoms with Gasteiger partial charge in [0.15, 0.2) is 0 Å². The van der Waals surface area contributed by atoms with Gasteiger partial charge in [-0.15, -0.1) is 0 Å². The van der Waals surface area contributed by atoms with Crippen LogP contribution in [0.3, 0.4) is 0 Å². The van der Waals surface area contributed by atoms with Gasteiger partial charge in [-0.25, -0.2) is 8.42 Å². The lowest BCUT2D eigenvalue weighted by molar-refractivity contribution is -0.127. The zero-order valence-corrected chi connectivity index (χ0v) is 16.5. The molecule has 0 aromatic heterocycles. The minimum Gasteiger partial charge on any atom is -0.383 e. The Labute approximate surface area is 158 Å². The lowest BCUT2D eigenvalue weighted by atomic mass is 9.97. The molecule has 25 heavy (non-hydrogen) atoms. The number of piperidine rings is 1. The summed E-state index contributed by atoms with van der Waals surface area (Å²) >= 11 is 12.1. The Kier molecular flexibility index (Phi) is 7.10. The monoisotopic (exact) mass is 408 g/mol. The maximum Gasteiger partial charge on any atom is 0.246 e. The van der Waals surface area contributed by atoms with Crippen molar-refractivity contribution in [3.8, 4) is 0 Å². The average molecular weight is 409 g/mol. The van der Waals surface area contributed by atoms with Crippen LogP contribution in [-0.4, -0.2) is 51.5 Å². The van der Waals surface area contributed by atoms with Crippen molar-refractivity contribution in [3.63, 3.8) is 0 Å². The Morgan fingerprint density at radius 2 is 1.88 bits per heavy atom. The molecule has 1 fully saturated rings. The summed E-state index contributed by atoms with van der Waals surface area (Å²) < 4.78 is 32.0. The molecule has 1 unspecified atom stereocenters. The normalized spacial score (nSPS) is 18.1. The molecule has 0 saturated carbocycles. The molecule has 1 aromatic carbocycles. The number of methoxy groups -OCH3 is 1. The van der Waals surface area contributed by atoms with Crippen LogP contribution in [0.5, 0.6) is 0 Å². The highest BCUT2D eigenvalue weighted by Gasteiger charge is 2.34. The summed E-state index contributed by atoms with van der Waals surface area (Å²) in [6.45, 7) is 2.80. The maximum absolute atomic E-state index is 12.8. The van der Waals surface area contributed by atoms with Gasteiger partial charge < -0.3 is 10.1 Å². The molecule has 1 aromatic rings. The largest absolute Gasteiger partial charge is 0.383 e. The predicted molar refractivity (Wildman–Crippen MR) is 97.4 cm³/mol. The van der Waals surface area contributed by atoms with E-state index in [-0.39, 0.29) is 45.9 Å². The first-order chi connectivity index (χ1) is 11.8. The van der Waals surface area contributed by atoms with Gasteiger partial charge in [0, 0.05) is 32.2 Å². The van der Waals surface area contributed by atoms with Crippen LogP contribution in [-0.2, 0) is 19.6 Å². The molecule has 1 N–H and O–H groups in total. The number of nitrogens with zero attached hydrogens (tertiary/aromatic N) is 1. The van der Waals surface area contributed by atoms with Gasteiger partial charge in [-0.05, 0) is 31.9 Å². The molecule has 0 bridgehead atoms. The van der Waals surface area contributed by atoms with Crippen molar-refractivity contribution in [1.29, 1.82) is 0 Å². The first kappa shape index (κ1) is 20.5. The van der Waals surface area contributed by atoms with Crippen LogP contribution in [0.15, 0.2) is 23.1 Å². The summed E-state index contributed by atoms with van der Waals surface area (Å²) in [5.74, 6) is -0.287. The van der Waals surface area contributed by atoms with E-state index in [1.165, 1.54) is 16.4 Å². The first-order valence-electron chi connectivity index (χ1n) is 8.00. The summed E-state index contributed by atoms with van der Waals surface area (Å²) in [5.41, 5.74) is 0. The molecule has 1 aliphatic rings.